The van der Waals surface area contributed by atoms with Crippen molar-refractivity contribution in [3.8, 4) is 18.2 Å². The largest absolute Gasteiger partial charge is 0.471 e. The second-order valence-corrected chi connectivity index (χ2v) is 8.78. The predicted molar refractivity (Wildman–Crippen MR) is 120 cm³/mol. The molecule has 34 heavy (non-hydrogen) atoms. The van der Waals surface area contributed by atoms with Crippen LogP contribution in [0.2, 0.25) is 10.0 Å². The standard InChI is InChI=1S/C21H15Cl2F3N2O5S/c1-3-4-5-6-13(20(29)32-2)12-33-19-18(9-14(22)11-27-19)28-34(30,31)15-7-8-17(23)16(10-15)21(24,25)26/h1,4-11,28H,12H2,2H3/b5-4-,13-6+. The highest BCUT2D eigenvalue weighted by Crippen LogP contribution is 2.36. The Labute approximate surface area is 203 Å². The maximum Gasteiger partial charge on any atom is 0.417 e. The molecule has 0 fully saturated rings. The Hall–Kier alpha value is -3.20. The molecule has 0 saturated carbocycles. The van der Waals surface area contributed by atoms with E-state index in [0.29, 0.717) is 6.07 Å². The average molecular weight is 535 g/mol. The zero-order valence-corrected chi connectivity index (χ0v) is 19.5. The van der Waals surface area contributed by atoms with Gasteiger partial charge in [0.25, 0.3) is 10.0 Å². The van der Waals surface area contributed by atoms with Crippen molar-refractivity contribution in [2.45, 2.75) is 11.1 Å². The van der Waals surface area contributed by atoms with E-state index in [1.54, 1.807) is 0 Å². The number of ether oxygens (including phenoxy) is 2. The summed E-state index contributed by atoms with van der Waals surface area (Å²) in [6.45, 7) is -0.413. The maximum absolute atomic E-state index is 13.1. The van der Waals surface area contributed by atoms with E-state index >= 15 is 0 Å². The summed E-state index contributed by atoms with van der Waals surface area (Å²) in [6, 6.07) is 3.22. The number of nitrogens with zero attached hydrogens (tertiary/aromatic N) is 1. The van der Waals surface area contributed by atoms with Crippen LogP contribution in [0.3, 0.4) is 0 Å². The van der Waals surface area contributed by atoms with Crippen LogP contribution in [0, 0.1) is 12.3 Å². The number of allylic oxidation sites excluding steroid dienone is 3. The van der Waals surface area contributed by atoms with E-state index in [2.05, 4.69) is 20.4 Å². The summed E-state index contributed by atoms with van der Waals surface area (Å²) in [5, 5.41) is -0.668. The minimum atomic E-state index is -4.88. The van der Waals surface area contributed by atoms with Gasteiger partial charge in [-0.05, 0) is 36.4 Å². The summed E-state index contributed by atoms with van der Waals surface area (Å²) in [7, 11) is -3.41. The van der Waals surface area contributed by atoms with Gasteiger partial charge in [-0.15, -0.1) is 6.42 Å². The van der Waals surface area contributed by atoms with Crippen LogP contribution in [0.15, 0.2) is 59.2 Å². The van der Waals surface area contributed by atoms with Crippen LogP contribution in [-0.4, -0.2) is 33.1 Å². The first-order chi connectivity index (χ1) is 15.9. The number of halogens is 5. The predicted octanol–water partition coefficient (Wildman–Crippen LogP) is 4.88. The molecule has 1 heterocycles. The molecule has 0 aliphatic heterocycles. The van der Waals surface area contributed by atoms with Gasteiger partial charge in [0.15, 0.2) is 0 Å². The van der Waals surface area contributed by atoms with Gasteiger partial charge in [-0.25, -0.2) is 18.2 Å². The van der Waals surface area contributed by atoms with Crippen molar-refractivity contribution in [3.63, 3.8) is 0 Å². The molecule has 2 rings (SSSR count). The van der Waals surface area contributed by atoms with Crippen molar-refractivity contribution in [2.75, 3.05) is 18.4 Å². The van der Waals surface area contributed by atoms with E-state index in [9.17, 15) is 26.4 Å². The lowest BCUT2D eigenvalue weighted by molar-refractivity contribution is -0.138. The summed E-state index contributed by atoms with van der Waals surface area (Å²) in [5.74, 6) is 1.16. The summed E-state index contributed by atoms with van der Waals surface area (Å²) >= 11 is 11.4. The van der Waals surface area contributed by atoms with Gasteiger partial charge in [-0.2, -0.15) is 13.2 Å². The number of anilines is 1. The number of methoxy groups -OCH3 is 1. The van der Waals surface area contributed by atoms with Gasteiger partial charge in [0, 0.05) is 6.20 Å². The Morgan fingerprint density at radius 2 is 2.00 bits per heavy atom. The number of hydrogen-bond acceptors (Lipinski definition) is 6. The molecule has 13 heteroatoms. The Morgan fingerprint density at radius 1 is 1.29 bits per heavy atom. The topological polar surface area (TPSA) is 94.6 Å². The van der Waals surface area contributed by atoms with Crippen molar-refractivity contribution < 1.29 is 35.9 Å². The lowest BCUT2D eigenvalue weighted by Crippen LogP contribution is -2.17. The van der Waals surface area contributed by atoms with E-state index < -0.39 is 44.3 Å². The van der Waals surface area contributed by atoms with Crippen LogP contribution in [0.1, 0.15) is 5.56 Å². The van der Waals surface area contributed by atoms with Crippen molar-refractivity contribution in [1.29, 1.82) is 0 Å². The molecule has 1 aromatic carbocycles. The number of carbonyl (C=O) groups excluding carboxylic acids is 1. The smallest absolute Gasteiger partial charge is 0.417 e. The van der Waals surface area contributed by atoms with Crippen LogP contribution in [0.4, 0.5) is 18.9 Å². The van der Waals surface area contributed by atoms with Crippen LogP contribution < -0.4 is 9.46 Å². The van der Waals surface area contributed by atoms with Gasteiger partial charge in [0.1, 0.15) is 12.3 Å². The number of sulfonamides is 1. The number of esters is 1. The third-order valence-corrected chi connectivity index (χ3v) is 5.82. The molecule has 2 aromatic rings. The van der Waals surface area contributed by atoms with Gasteiger partial charge in [0.2, 0.25) is 5.88 Å². The highest BCUT2D eigenvalue weighted by atomic mass is 35.5. The van der Waals surface area contributed by atoms with Gasteiger partial charge >= 0.3 is 12.1 Å². The summed E-state index contributed by atoms with van der Waals surface area (Å²) in [5.41, 5.74) is -1.61. The molecule has 0 aliphatic carbocycles. The SMILES string of the molecule is C#C/C=C\C=C(/COc1ncc(Cl)cc1NS(=O)(=O)c1ccc(Cl)c(C(F)(F)F)c1)C(=O)OC. The number of hydrogen-bond donors (Lipinski definition) is 1. The van der Waals surface area contributed by atoms with Crippen molar-refractivity contribution in [3.05, 3.63) is 69.9 Å². The molecule has 0 unspecified atom stereocenters. The van der Waals surface area contributed by atoms with E-state index in [4.69, 9.17) is 34.4 Å². The van der Waals surface area contributed by atoms with Crippen molar-refractivity contribution in [2.24, 2.45) is 0 Å². The number of rotatable bonds is 8. The Balaban J connectivity index is 2.38. The Kier molecular flexibility index (Phi) is 8.98. The number of aromatic nitrogens is 1. The Morgan fingerprint density at radius 3 is 2.62 bits per heavy atom. The third-order valence-electron chi connectivity index (χ3n) is 3.92. The molecule has 0 spiro atoms. The molecule has 0 amide bonds. The van der Waals surface area contributed by atoms with Crippen molar-refractivity contribution >= 4 is 44.9 Å². The molecule has 1 N–H and O–H groups in total. The van der Waals surface area contributed by atoms with E-state index in [1.807, 2.05) is 0 Å². The molecule has 0 saturated heterocycles. The third kappa shape index (κ3) is 7.15. The number of terminal acetylenes is 1. The van der Waals surface area contributed by atoms with Crippen LogP contribution in [0.25, 0.3) is 0 Å². The lowest BCUT2D eigenvalue weighted by atomic mass is 10.2. The first-order valence-corrected chi connectivity index (χ1v) is 11.2. The van der Waals surface area contributed by atoms with Gasteiger partial charge in [0.05, 0.1) is 33.2 Å². The van der Waals surface area contributed by atoms with E-state index in [1.165, 1.54) is 18.2 Å². The summed E-state index contributed by atoms with van der Waals surface area (Å²) in [6.07, 6.45) is 5.37. The molecule has 0 aliphatic rings. The quantitative estimate of drug-likeness (QED) is 0.224. The maximum atomic E-state index is 13.1. The minimum Gasteiger partial charge on any atom is -0.471 e. The van der Waals surface area contributed by atoms with Gasteiger partial charge in [-0.3, -0.25) is 4.72 Å². The second kappa shape index (κ2) is 11.3. The van der Waals surface area contributed by atoms with Crippen LogP contribution in [-0.2, 0) is 25.7 Å². The molecule has 180 valence electrons. The molecular formula is C21H15Cl2F3N2O5S. The number of benzene rings is 1. The molecule has 7 nitrogen and oxygen atoms in total. The highest BCUT2D eigenvalue weighted by Gasteiger charge is 2.34. The number of alkyl halides is 3. The average Bonchev–Trinajstić information content (AvgIpc) is 2.75. The highest BCUT2D eigenvalue weighted by molar-refractivity contribution is 7.92. The number of carbonyl (C=O) groups is 1. The summed E-state index contributed by atoms with van der Waals surface area (Å²) in [4.78, 5) is 15.1. The van der Waals surface area contributed by atoms with Crippen LogP contribution in [0.5, 0.6) is 5.88 Å². The summed E-state index contributed by atoms with van der Waals surface area (Å²) < 4.78 is 77.1. The Bertz CT molecular complexity index is 1290. The van der Waals surface area contributed by atoms with Gasteiger partial charge < -0.3 is 9.47 Å². The van der Waals surface area contributed by atoms with Crippen molar-refractivity contribution in [1.82, 2.24) is 4.98 Å². The fourth-order valence-corrected chi connectivity index (χ4v) is 3.84. The molecule has 0 bridgehead atoms. The normalized spacial score (nSPS) is 12.3. The van der Waals surface area contributed by atoms with E-state index in [0.717, 1.165) is 31.5 Å². The molecule has 1 aromatic heterocycles. The number of nitrogens with one attached hydrogen (secondary N) is 1. The molecule has 0 atom stereocenters. The zero-order valence-electron chi connectivity index (χ0n) is 17.2. The molecule has 0 radical (unpaired) electrons. The fraction of sp³-hybridized carbons (Fsp3) is 0.143. The monoisotopic (exact) mass is 534 g/mol. The van der Waals surface area contributed by atoms with Gasteiger partial charge in [-0.1, -0.05) is 35.2 Å². The minimum absolute atomic E-state index is 0.00202. The first-order valence-electron chi connectivity index (χ1n) is 8.97. The number of pyridine rings is 1. The molecular weight excluding hydrogens is 520 g/mol. The first kappa shape index (κ1) is 27.0. The van der Waals surface area contributed by atoms with Crippen LogP contribution >= 0.6 is 23.2 Å². The van der Waals surface area contributed by atoms with E-state index in [-0.39, 0.29) is 22.2 Å². The fourth-order valence-electron chi connectivity index (χ4n) is 2.38. The lowest BCUT2D eigenvalue weighted by Gasteiger charge is -2.15. The zero-order chi connectivity index (χ0) is 25.5. The second-order valence-electron chi connectivity index (χ2n) is 6.25.